The average molecular weight is 835 g/mol. The van der Waals surface area contributed by atoms with E-state index in [-0.39, 0.29) is 0 Å². The number of nitrogens with zero attached hydrogens (tertiary/aromatic N) is 6. The zero-order valence-electron chi connectivity index (χ0n) is 36.7. The molecular weight excluding hydrogens is 777 g/mol. The van der Waals surface area contributed by atoms with E-state index in [0.29, 0.717) is 63.6 Å². The van der Waals surface area contributed by atoms with Crippen molar-refractivity contribution in [3.63, 3.8) is 0 Å². The zero-order chi connectivity index (χ0) is 43.8. The molecule has 0 amide bonds. The maximum Gasteiger partial charge on any atom is 0.412 e. The monoisotopic (exact) mass is 834 g/mol. The van der Waals surface area contributed by atoms with E-state index < -0.39 is 6.16 Å². The number of pyridine rings is 2. The smallest absolute Gasteiger partial charge is 0.412 e. The first-order valence-corrected chi connectivity index (χ1v) is 20.5. The summed E-state index contributed by atoms with van der Waals surface area (Å²) in [7, 11) is 0. The Hall–Kier alpha value is -6.13. The van der Waals surface area contributed by atoms with E-state index in [1.807, 2.05) is 111 Å². The number of ether oxygens (including phenoxy) is 5. The fourth-order valence-corrected chi connectivity index (χ4v) is 6.57. The Kier molecular flexibility index (Phi) is 16.9. The molecule has 0 fully saturated rings. The van der Waals surface area contributed by atoms with Crippen molar-refractivity contribution in [2.75, 3.05) is 44.1 Å². The number of benzene rings is 2. The molecular formula is C46H58N8O7. The highest BCUT2D eigenvalue weighted by Gasteiger charge is 2.33. The largest absolute Gasteiger partial charge is 0.465 e. The summed E-state index contributed by atoms with van der Waals surface area (Å²) in [5, 5.41) is 11.4. The molecule has 2 aromatic carbocycles. The van der Waals surface area contributed by atoms with E-state index in [1.165, 1.54) is 11.1 Å². The lowest BCUT2D eigenvalue weighted by Gasteiger charge is -2.30. The average Bonchev–Trinajstić information content (AvgIpc) is 3.90. The van der Waals surface area contributed by atoms with Crippen LogP contribution in [0.4, 0.5) is 11.5 Å². The van der Waals surface area contributed by atoms with Gasteiger partial charge in [-0.3, -0.25) is 4.57 Å². The lowest BCUT2D eigenvalue weighted by atomic mass is 10.1. The van der Waals surface area contributed by atoms with Crippen LogP contribution in [0.3, 0.4) is 0 Å². The highest BCUT2D eigenvalue weighted by molar-refractivity contribution is 5.80. The fourth-order valence-electron chi connectivity index (χ4n) is 6.57. The van der Waals surface area contributed by atoms with Crippen LogP contribution in [0.15, 0.2) is 94.2 Å². The van der Waals surface area contributed by atoms with Gasteiger partial charge in [0, 0.05) is 41.2 Å². The van der Waals surface area contributed by atoms with Gasteiger partial charge >= 0.3 is 6.16 Å². The predicted octanol–water partition coefficient (Wildman–Crippen LogP) is 9.44. The third kappa shape index (κ3) is 12.0. The molecule has 15 heteroatoms. The first-order chi connectivity index (χ1) is 29.6. The number of nitrogens with two attached hydrogens (primary N) is 1. The number of hydrogen-bond donors (Lipinski definition) is 2. The fraction of sp³-hybridized carbons (Fsp3) is 0.370. The van der Waals surface area contributed by atoms with Crippen molar-refractivity contribution in [2.45, 2.75) is 81.6 Å². The normalized spacial score (nSPS) is 11.2. The standard InChI is InChI=1S/C20H20N4O2.C17H18N4O.C9H20O4/c1-4-25-20-22-19-17(24(20)12-15-8-6-5-7-9-15)10-16(11-21-19)18-13(2)23-26-14(18)3;1-11-16(12(2)22-21-11)14-8-15(17(18)20-10-14)19-9-13-6-4-3-5-7-13;1-5-10-9(11-6-2,12-7-3)13-8-4/h5-11H,4,12H2,1-3H3;3-8,10,19H,9H2,1-2H3,(H2,18,20);5-8H2,1-4H3. The molecule has 61 heavy (non-hydrogen) atoms. The van der Waals surface area contributed by atoms with Gasteiger partial charge in [-0.25, -0.2) is 9.97 Å². The summed E-state index contributed by atoms with van der Waals surface area (Å²) in [5.74, 6) is 2.03. The van der Waals surface area contributed by atoms with E-state index in [2.05, 4.69) is 65.5 Å². The summed E-state index contributed by atoms with van der Waals surface area (Å²) in [5.41, 5.74) is 16.3. The van der Waals surface area contributed by atoms with Gasteiger partial charge < -0.3 is 43.8 Å². The maximum absolute atomic E-state index is 5.97. The van der Waals surface area contributed by atoms with Crippen LogP contribution in [0.1, 0.15) is 68.7 Å². The number of anilines is 2. The number of imidazole rings is 1. The van der Waals surface area contributed by atoms with Gasteiger partial charge in [0.15, 0.2) is 5.65 Å². The molecule has 0 saturated carbocycles. The molecule has 0 unspecified atom stereocenters. The Morgan fingerprint density at radius 1 is 0.656 bits per heavy atom. The summed E-state index contributed by atoms with van der Waals surface area (Å²) in [4.78, 5) is 13.4. The van der Waals surface area contributed by atoms with Crippen LogP contribution in [0, 0.1) is 27.7 Å². The van der Waals surface area contributed by atoms with Crippen molar-refractivity contribution in [1.29, 1.82) is 0 Å². The first kappa shape index (κ1) is 45.9. The van der Waals surface area contributed by atoms with Gasteiger partial charge in [-0.2, -0.15) is 4.98 Å². The van der Waals surface area contributed by atoms with Gasteiger partial charge in [0.1, 0.15) is 17.3 Å². The number of aromatic nitrogens is 6. The quantitative estimate of drug-likeness (QED) is 0.0828. The highest BCUT2D eigenvalue weighted by atomic mass is 17.0. The third-order valence-electron chi connectivity index (χ3n) is 9.20. The van der Waals surface area contributed by atoms with E-state index >= 15 is 0 Å². The third-order valence-corrected chi connectivity index (χ3v) is 9.20. The number of fused-ring (bicyclic) bond motifs is 1. The van der Waals surface area contributed by atoms with Gasteiger partial charge in [0.2, 0.25) is 0 Å². The lowest BCUT2D eigenvalue weighted by molar-refractivity contribution is -0.495. The number of nitrogen functional groups attached to an aromatic ring is 1. The number of rotatable bonds is 17. The number of aryl methyl sites for hydroxylation is 4. The summed E-state index contributed by atoms with van der Waals surface area (Å²) < 4.78 is 39.5. The summed E-state index contributed by atoms with van der Waals surface area (Å²) in [6, 6.07) is 25.0. The van der Waals surface area contributed by atoms with Gasteiger partial charge in [-0.1, -0.05) is 71.0 Å². The van der Waals surface area contributed by atoms with Crippen molar-refractivity contribution in [3.8, 4) is 28.3 Å². The van der Waals surface area contributed by atoms with E-state index in [4.69, 9.17) is 38.5 Å². The highest BCUT2D eigenvalue weighted by Crippen LogP contribution is 2.32. The molecule has 15 nitrogen and oxygen atoms in total. The molecule has 0 saturated heterocycles. The predicted molar refractivity (Wildman–Crippen MR) is 236 cm³/mol. The molecule has 0 bridgehead atoms. The lowest BCUT2D eigenvalue weighted by Crippen LogP contribution is -2.42. The Labute approximate surface area is 357 Å². The molecule has 0 spiro atoms. The minimum absolute atomic E-state index is 0.478. The summed E-state index contributed by atoms with van der Waals surface area (Å²) in [6.07, 6.45) is 2.26. The molecule has 0 aliphatic rings. The van der Waals surface area contributed by atoms with Crippen molar-refractivity contribution in [2.24, 2.45) is 0 Å². The van der Waals surface area contributed by atoms with Crippen LogP contribution in [0.25, 0.3) is 33.4 Å². The van der Waals surface area contributed by atoms with Crippen LogP contribution >= 0.6 is 0 Å². The molecule has 5 heterocycles. The molecule has 3 N–H and O–H groups in total. The van der Waals surface area contributed by atoms with Crippen molar-refractivity contribution < 1.29 is 32.7 Å². The SMILES string of the molecule is CCOC(OCC)(OCC)OCC.CCOc1nc2ncc(-c3c(C)noc3C)cc2n1Cc1ccccc1.Cc1noc(C)c1-c1cnc(N)c(NCc2ccccc2)c1. The van der Waals surface area contributed by atoms with Crippen molar-refractivity contribution in [3.05, 3.63) is 119 Å². The van der Waals surface area contributed by atoms with Gasteiger partial charge in [0.05, 0.1) is 62.2 Å². The molecule has 7 rings (SSSR count). The van der Waals surface area contributed by atoms with Gasteiger partial charge in [-0.05, 0) is 85.6 Å². The molecule has 324 valence electrons. The Morgan fingerprint density at radius 2 is 1.16 bits per heavy atom. The molecule has 0 atom stereocenters. The second-order valence-corrected chi connectivity index (χ2v) is 13.6. The van der Waals surface area contributed by atoms with Gasteiger partial charge in [-0.15, -0.1) is 0 Å². The van der Waals surface area contributed by atoms with Crippen LogP contribution in [-0.2, 0) is 32.0 Å². The molecule has 0 aliphatic carbocycles. The van der Waals surface area contributed by atoms with Crippen LogP contribution in [-0.4, -0.2) is 69.0 Å². The van der Waals surface area contributed by atoms with E-state index in [1.54, 1.807) is 6.20 Å². The minimum Gasteiger partial charge on any atom is -0.465 e. The number of nitrogens with one attached hydrogen (secondary N) is 1. The topological polar surface area (TPSA) is 180 Å². The Morgan fingerprint density at radius 3 is 1.66 bits per heavy atom. The molecule has 0 radical (unpaired) electrons. The van der Waals surface area contributed by atoms with E-state index in [9.17, 15) is 0 Å². The summed E-state index contributed by atoms with van der Waals surface area (Å²) >= 11 is 0. The van der Waals surface area contributed by atoms with E-state index in [0.717, 1.165) is 56.4 Å². The second-order valence-electron chi connectivity index (χ2n) is 13.6. The van der Waals surface area contributed by atoms with Gasteiger partial charge in [0.25, 0.3) is 6.01 Å². The second kappa shape index (κ2) is 22.5. The minimum atomic E-state index is -1.30. The zero-order valence-corrected chi connectivity index (χ0v) is 36.7. The number of hydrogen-bond acceptors (Lipinski definition) is 14. The molecule has 5 aromatic heterocycles. The first-order valence-electron chi connectivity index (χ1n) is 20.5. The Balaban J connectivity index is 0.000000184. The van der Waals surface area contributed by atoms with Crippen molar-refractivity contribution in [1.82, 2.24) is 29.8 Å². The molecule has 7 aromatic rings. The maximum atomic E-state index is 5.97. The van der Waals surface area contributed by atoms with Crippen LogP contribution < -0.4 is 15.8 Å². The van der Waals surface area contributed by atoms with Crippen LogP contribution in [0.2, 0.25) is 0 Å². The Bertz CT molecular complexity index is 2330. The summed E-state index contributed by atoms with van der Waals surface area (Å²) in [6.45, 7) is 20.9. The van der Waals surface area contributed by atoms with Crippen LogP contribution in [0.5, 0.6) is 6.01 Å². The van der Waals surface area contributed by atoms with Crippen molar-refractivity contribution >= 4 is 22.7 Å². The molecule has 0 aliphatic heterocycles.